The molecule has 0 aliphatic carbocycles. The molecule has 0 radical (unpaired) electrons. The first-order valence-corrected chi connectivity index (χ1v) is 6.35. The van der Waals surface area contributed by atoms with E-state index in [4.69, 9.17) is 4.42 Å². The molecule has 0 amide bonds. The van der Waals surface area contributed by atoms with Crippen molar-refractivity contribution in [3.63, 3.8) is 0 Å². The zero-order valence-electron chi connectivity index (χ0n) is 10.4. The molecule has 0 spiro atoms. The van der Waals surface area contributed by atoms with Crippen LogP contribution in [0.1, 0.15) is 16.1 Å². The number of hydrogen-bond donors (Lipinski definition) is 1. The smallest absolute Gasteiger partial charge is 0.374 e. The minimum atomic E-state index is -0.630. The number of carbonyl (C=O) groups excluding carboxylic acids is 1. The Morgan fingerprint density at radius 2 is 2.15 bits per heavy atom. The maximum Gasteiger partial charge on any atom is 0.374 e. The van der Waals surface area contributed by atoms with Crippen molar-refractivity contribution in [2.75, 3.05) is 12.4 Å². The van der Waals surface area contributed by atoms with E-state index in [2.05, 4.69) is 26.0 Å². The number of nitrogens with one attached hydrogen (secondary N) is 1. The number of anilines is 1. The predicted molar refractivity (Wildman–Crippen MR) is 71.4 cm³/mol. The van der Waals surface area contributed by atoms with Gasteiger partial charge in [0.15, 0.2) is 0 Å². The Hall–Kier alpha value is -1.89. The number of ether oxygens (including phenoxy) is 1. The van der Waals surface area contributed by atoms with Crippen LogP contribution in [0, 0.1) is 11.6 Å². The molecule has 0 aliphatic rings. The van der Waals surface area contributed by atoms with E-state index in [0.29, 0.717) is 5.56 Å². The van der Waals surface area contributed by atoms with E-state index in [1.807, 2.05) is 0 Å². The quantitative estimate of drug-likeness (QED) is 0.677. The zero-order chi connectivity index (χ0) is 14.7. The zero-order valence-corrected chi connectivity index (χ0v) is 12.0. The third kappa shape index (κ3) is 2.98. The monoisotopic (exact) mass is 345 g/mol. The molecule has 106 valence electrons. The highest BCUT2D eigenvalue weighted by atomic mass is 79.9. The Bertz CT molecular complexity index is 643. The van der Waals surface area contributed by atoms with Gasteiger partial charge in [-0.3, -0.25) is 0 Å². The average Bonchev–Trinajstić information content (AvgIpc) is 2.89. The van der Waals surface area contributed by atoms with Gasteiger partial charge in [0.25, 0.3) is 0 Å². The summed E-state index contributed by atoms with van der Waals surface area (Å²) in [5.41, 5.74) is 0.474. The van der Waals surface area contributed by atoms with Crippen LogP contribution >= 0.6 is 15.9 Å². The van der Waals surface area contributed by atoms with Crippen molar-refractivity contribution in [1.82, 2.24) is 0 Å². The molecule has 0 atom stereocenters. The third-order valence-electron chi connectivity index (χ3n) is 2.60. The van der Waals surface area contributed by atoms with Gasteiger partial charge in [-0.15, -0.1) is 0 Å². The van der Waals surface area contributed by atoms with Crippen LogP contribution in [0.2, 0.25) is 0 Å². The first kappa shape index (κ1) is 14.5. The Balaban J connectivity index is 2.15. The minimum absolute atomic E-state index is 0.0114. The summed E-state index contributed by atoms with van der Waals surface area (Å²) in [5.74, 6) is -1.80. The van der Waals surface area contributed by atoms with Crippen LogP contribution in [0.25, 0.3) is 0 Å². The first-order valence-electron chi connectivity index (χ1n) is 5.56. The van der Waals surface area contributed by atoms with E-state index >= 15 is 0 Å². The van der Waals surface area contributed by atoms with E-state index in [9.17, 15) is 13.6 Å². The lowest BCUT2D eigenvalue weighted by Crippen LogP contribution is -2.07. The number of benzene rings is 1. The molecular formula is C13H10BrF2NO3. The molecule has 1 heterocycles. The summed E-state index contributed by atoms with van der Waals surface area (Å²) in [6.45, 7) is 0.0962. The molecule has 0 aliphatic heterocycles. The lowest BCUT2D eigenvalue weighted by molar-refractivity contribution is 0.0563. The van der Waals surface area contributed by atoms with Crippen molar-refractivity contribution in [3.8, 4) is 0 Å². The van der Waals surface area contributed by atoms with Crippen molar-refractivity contribution in [3.05, 3.63) is 51.9 Å². The molecule has 1 aromatic heterocycles. The SMILES string of the molecule is COC(=O)c1occc1CNc1cc(F)c(Br)cc1F. The maximum absolute atomic E-state index is 13.6. The predicted octanol–water partition coefficient (Wildman–Crippen LogP) is 3.72. The van der Waals surface area contributed by atoms with Crippen molar-refractivity contribution < 1.29 is 22.7 Å². The van der Waals surface area contributed by atoms with Crippen molar-refractivity contribution in [2.24, 2.45) is 0 Å². The van der Waals surface area contributed by atoms with Gasteiger partial charge in [-0.25, -0.2) is 13.6 Å². The molecule has 0 saturated heterocycles. The topological polar surface area (TPSA) is 51.5 Å². The van der Waals surface area contributed by atoms with Gasteiger partial charge < -0.3 is 14.5 Å². The number of furan rings is 1. The summed E-state index contributed by atoms with van der Waals surface area (Å²) in [4.78, 5) is 11.4. The van der Waals surface area contributed by atoms with Gasteiger partial charge in [-0.1, -0.05) is 0 Å². The summed E-state index contributed by atoms with van der Waals surface area (Å²) < 4.78 is 36.5. The highest BCUT2D eigenvalue weighted by Gasteiger charge is 2.16. The number of methoxy groups -OCH3 is 1. The van der Waals surface area contributed by atoms with Crippen LogP contribution < -0.4 is 5.32 Å². The highest BCUT2D eigenvalue weighted by molar-refractivity contribution is 9.10. The molecule has 0 bridgehead atoms. The molecule has 4 nitrogen and oxygen atoms in total. The van der Waals surface area contributed by atoms with Gasteiger partial charge in [-0.2, -0.15) is 0 Å². The van der Waals surface area contributed by atoms with E-state index < -0.39 is 17.6 Å². The van der Waals surface area contributed by atoms with E-state index in [-0.39, 0.29) is 22.5 Å². The molecule has 1 aromatic carbocycles. The van der Waals surface area contributed by atoms with Crippen molar-refractivity contribution in [1.29, 1.82) is 0 Å². The van der Waals surface area contributed by atoms with Gasteiger partial charge in [0.2, 0.25) is 5.76 Å². The second-order valence-corrected chi connectivity index (χ2v) is 4.72. The maximum atomic E-state index is 13.6. The fraction of sp³-hybridized carbons (Fsp3) is 0.154. The minimum Gasteiger partial charge on any atom is -0.463 e. The summed E-state index contributed by atoms with van der Waals surface area (Å²) in [5, 5.41) is 2.70. The first-order chi connectivity index (χ1) is 9.52. The molecule has 0 saturated carbocycles. The van der Waals surface area contributed by atoms with E-state index in [0.717, 1.165) is 12.1 Å². The number of esters is 1. The Kier molecular flexibility index (Phi) is 4.39. The molecule has 1 N–H and O–H groups in total. The van der Waals surface area contributed by atoms with E-state index in [1.54, 1.807) is 6.07 Å². The largest absolute Gasteiger partial charge is 0.463 e. The number of hydrogen-bond acceptors (Lipinski definition) is 4. The van der Waals surface area contributed by atoms with Crippen molar-refractivity contribution in [2.45, 2.75) is 6.54 Å². The third-order valence-corrected chi connectivity index (χ3v) is 3.20. The summed E-state index contributed by atoms with van der Waals surface area (Å²) in [7, 11) is 1.23. The van der Waals surface area contributed by atoms with Gasteiger partial charge in [0, 0.05) is 18.2 Å². The second-order valence-electron chi connectivity index (χ2n) is 3.87. The van der Waals surface area contributed by atoms with Crippen LogP contribution in [0.4, 0.5) is 14.5 Å². The standard InChI is InChI=1S/C13H10BrF2NO3/c1-19-13(18)12-7(2-3-20-12)6-17-11-5-9(15)8(14)4-10(11)16/h2-5,17H,6H2,1H3. The van der Waals surface area contributed by atoms with Gasteiger partial charge >= 0.3 is 5.97 Å². The summed E-state index contributed by atoms with van der Waals surface area (Å²) >= 11 is 2.89. The average molecular weight is 346 g/mol. The Morgan fingerprint density at radius 3 is 2.85 bits per heavy atom. The second kappa shape index (κ2) is 6.04. The molecule has 20 heavy (non-hydrogen) atoms. The van der Waals surface area contributed by atoms with Crippen LogP contribution in [0.15, 0.2) is 33.4 Å². The fourth-order valence-electron chi connectivity index (χ4n) is 1.60. The van der Waals surface area contributed by atoms with Gasteiger partial charge in [0.05, 0.1) is 23.5 Å². The van der Waals surface area contributed by atoms with Crippen LogP contribution in [0.5, 0.6) is 0 Å². The van der Waals surface area contributed by atoms with Crippen LogP contribution in [0.3, 0.4) is 0 Å². The van der Waals surface area contributed by atoms with Gasteiger partial charge in [-0.05, 0) is 28.1 Å². The van der Waals surface area contributed by atoms with E-state index in [1.165, 1.54) is 13.4 Å². The Labute approximate surface area is 121 Å². The molecule has 0 fully saturated rings. The van der Waals surface area contributed by atoms with Crippen LogP contribution in [-0.2, 0) is 11.3 Å². The highest BCUT2D eigenvalue weighted by Crippen LogP contribution is 2.24. The number of halogens is 3. The number of carbonyl (C=O) groups is 1. The fourth-order valence-corrected chi connectivity index (χ4v) is 1.91. The summed E-state index contributed by atoms with van der Waals surface area (Å²) in [6.07, 6.45) is 1.32. The van der Waals surface area contributed by atoms with Crippen molar-refractivity contribution >= 4 is 27.6 Å². The molecule has 2 aromatic rings. The molecular weight excluding hydrogens is 336 g/mol. The normalized spacial score (nSPS) is 10.4. The molecule has 2 rings (SSSR count). The summed E-state index contributed by atoms with van der Waals surface area (Å²) in [6, 6.07) is 3.60. The van der Waals surface area contributed by atoms with Gasteiger partial charge in [0.1, 0.15) is 11.6 Å². The molecule has 7 heteroatoms. The lowest BCUT2D eigenvalue weighted by Gasteiger charge is -2.08. The lowest BCUT2D eigenvalue weighted by atomic mass is 10.2. The van der Waals surface area contributed by atoms with Crippen LogP contribution in [-0.4, -0.2) is 13.1 Å². The number of rotatable bonds is 4. The Morgan fingerprint density at radius 1 is 1.40 bits per heavy atom. The molecule has 0 unspecified atom stereocenters.